The molecule has 2 aromatic rings. The van der Waals surface area contributed by atoms with E-state index < -0.39 is 6.03 Å². The second kappa shape index (κ2) is 5.41. The van der Waals surface area contributed by atoms with Crippen LogP contribution in [0, 0.1) is 0 Å². The van der Waals surface area contributed by atoms with Crippen LogP contribution in [0.4, 0.5) is 10.5 Å². The van der Waals surface area contributed by atoms with Crippen molar-refractivity contribution in [2.75, 3.05) is 4.90 Å². The Kier molecular flexibility index (Phi) is 3.45. The van der Waals surface area contributed by atoms with Gasteiger partial charge in [-0.25, -0.2) is 9.69 Å². The molecule has 3 amide bonds. The summed E-state index contributed by atoms with van der Waals surface area (Å²) < 4.78 is 0. The molecule has 1 aliphatic heterocycles. The van der Waals surface area contributed by atoms with Gasteiger partial charge in [0, 0.05) is 17.3 Å². The number of anilines is 1. The Bertz CT molecular complexity index is 726. The number of carbonyl (C=O) groups excluding carboxylic acids is 2. The average molecular weight is 297 g/mol. The first-order valence-electron chi connectivity index (χ1n) is 6.21. The number of thiol groups is 1. The van der Waals surface area contributed by atoms with Crippen molar-refractivity contribution in [3.8, 4) is 0 Å². The van der Waals surface area contributed by atoms with Crippen LogP contribution in [0.5, 0.6) is 0 Å². The number of hydrogen-bond donors (Lipinski definition) is 2. The molecule has 0 atom stereocenters. The summed E-state index contributed by atoms with van der Waals surface area (Å²) in [5.41, 5.74) is 1.54. The number of benzene rings is 1. The number of imide groups is 1. The third kappa shape index (κ3) is 2.66. The van der Waals surface area contributed by atoms with E-state index >= 15 is 0 Å². The van der Waals surface area contributed by atoms with E-state index in [2.05, 4.69) is 22.9 Å². The predicted molar refractivity (Wildman–Crippen MR) is 81.9 cm³/mol. The molecule has 5 nitrogen and oxygen atoms in total. The summed E-state index contributed by atoms with van der Waals surface area (Å²) in [6.45, 7) is 0. The van der Waals surface area contributed by atoms with Crippen LogP contribution in [-0.2, 0) is 4.79 Å². The van der Waals surface area contributed by atoms with Crippen molar-refractivity contribution in [3.05, 3.63) is 60.1 Å². The molecule has 3 rings (SSSR count). The van der Waals surface area contributed by atoms with E-state index in [1.807, 2.05) is 0 Å². The van der Waals surface area contributed by atoms with Crippen molar-refractivity contribution in [1.29, 1.82) is 0 Å². The number of amides is 3. The van der Waals surface area contributed by atoms with E-state index in [-0.39, 0.29) is 11.6 Å². The molecule has 1 saturated heterocycles. The first-order chi connectivity index (χ1) is 10.1. The molecule has 0 bridgehead atoms. The first-order valence-corrected chi connectivity index (χ1v) is 6.66. The van der Waals surface area contributed by atoms with Gasteiger partial charge in [0.05, 0.1) is 5.69 Å². The van der Waals surface area contributed by atoms with E-state index in [0.29, 0.717) is 5.69 Å². The van der Waals surface area contributed by atoms with Gasteiger partial charge in [0.15, 0.2) is 0 Å². The van der Waals surface area contributed by atoms with Gasteiger partial charge in [0.25, 0.3) is 5.91 Å². The van der Waals surface area contributed by atoms with Crippen LogP contribution in [0.1, 0.15) is 5.56 Å². The molecule has 1 N–H and O–H groups in total. The maximum Gasteiger partial charge on any atom is 0.333 e. The number of pyridine rings is 1. The number of rotatable bonds is 2. The highest BCUT2D eigenvalue weighted by Gasteiger charge is 2.34. The summed E-state index contributed by atoms with van der Waals surface area (Å²) in [5.74, 6) is -0.385. The molecule has 2 heterocycles. The molecule has 21 heavy (non-hydrogen) atoms. The summed E-state index contributed by atoms with van der Waals surface area (Å²) in [7, 11) is 0. The minimum absolute atomic E-state index is 0.237. The first kappa shape index (κ1) is 13.4. The molecule has 0 radical (unpaired) electrons. The lowest BCUT2D eigenvalue weighted by molar-refractivity contribution is -0.113. The standard InChI is InChI=1S/C15H11N3O2S/c19-14-13(9-10-5-7-16-8-6-10)17-15(20)18(14)11-1-3-12(21)4-2-11/h1-9,21H,(H,17,20)/b13-9-. The minimum Gasteiger partial charge on any atom is -0.302 e. The van der Waals surface area contributed by atoms with E-state index in [0.717, 1.165) is 15.4 Å². The van der Waals surface area contributed by atoms with Crippen LogP contribution < -0.4 is 10.2 Å². The summed E-state index contributed by atoms with van der Waals surface area (Å²) in [4.78, 5) is 30.1. The fraction of sp³-hybridized carbons (Fsp3) is 0. The van der Waals surface area contributed by atoms with Crippen molar-refractivity contribution < 1.29 is 9.59 Å². The zero-order chi connectivity index (χ0) is 14.8. The number of urea groups is 1. The van der Waals surface area contributed by atoms with Crippen molar-refractivity contribution in [2.24, 2.45) is 0 Å². The second-order valence-corrected chi connectivity index (χ2v) is 4.94. The van der Waals surface area contributed by atoms with Gasteiger partial charge in [-0.05, 0) is 48.0 Å². The second-order valence-electron chi connectivity index (χ2n) is 4.43. The average Bonchev–Trinajstić information content (AvgIpc) is 2.76. The summed E-state index contributed by atoms with van der Waals surface area (Å²) in [6.07, 6.45) is 4.86. The van der Waals surface area contributed by atoms with Crippen LogP contribution in [0.2, 0.25) is 0 Å². The molecule has 1 fully saturated rings. The largest absolute Gasteiger partial charge is 0.333 e. The highest BCUT2D eigenvalue weighted by atomic mass is 32.1. The van der Waals surface area contributed by atoms with Crippen LogP contribution in [0.25, 0.3) is 6.08 Å². The molecule has 6 heteroatoms. The lowest BCUT2D eigenvalue weighted by Gasteiger charge is -2.11. The van der Waals surface area contributed by atoms with Crippen LogP contribution in [-0.4, -0.2) is 16.9 Å². The predicted octanol–water partition coefficient (Wildman–Crippen LogP) is 2.47. The Morgan fingerprint density at radius 1 is 1.05 bits per heavy atom. The van der Waals surface area contributed by atoms with E-state index in [1.54, 1.807) is 54.9 Å². The van der Waals surface area contributed by atoms with Gasteiger partial charge in [-0.2, -0.15) is 0 Å². The number of nitrogens with one attached hydrogen (secondary N) is 1. The van der Waals surface area contributed by atoms with Crippen molar-refractivity contribution in [2.45, 2.75) is 4.90 Å². The molecule has 1 aromatic carbocycles. The fourth-order valence-electron chi connectivity index (χ4n) is 2.00. The lowest BCUT2D eigenvalue weighted by atomic mass is 10.2. The molecule has 0 saturated carbocycles. The van der Waals surface area contributed by atoms with Gasteiger partial charge in [-0.3, -0.25) is 9.78 Å². The van der Waals surface area contributed by atoms with Gasteiger partial charge in [0.1, 0.15) is 5.70 Å². The summed E-state index contributed by atoms with van der Waals surface area (Å²) in [6, 6.07) is 9.85. The Morgan fingerprint density at radius 3 is 2.38 bits per heavy atom. The highest BCUT2D eigenvalue weighted by molar-refractivity contribution is 7.80. The molecule has 0 unspecified atom stereocenters. The Hall–Kier alpha value is -2.60. The zero-order valence-electron chi connectivity index (χ0n) is 10.9. The molecule has 1 aliphatic rings. The summed E-state index contributed by atoms with van der Waals surface area (Å²) in [5, 5.41) is 2.57. The zero-order valence-corrected chi connectivity index (χ0v) is 11.7. The number of nitrogens with zero attached hydrogens (tertiary/aromatic N) is 2. The molecular formula is C15H11N3O2S. The van der Waals surface area contributed by atoms with E-state index in [1.165, 1.54) is 0 Å². The molecule has 104 valence electrons. The Labute approximate surface area is 126 Å². The highest BCUT2D eigenvalue weighted by Crippen LogP contribution is 2.23. The summed E-state index contributed by atoms with van der Waals surface area (Å²) >= 11 is 4.18. The smallest absolute Gasteiger partial charge is 0.302 e. The third-order valence-corrected chi connectivity index (χ3v) is 3.30. The molecule has 1 aromatic heterocycles. The van der Waals surface area contributed by atoms with Crippen molar-refractivity contribution in [3.63, 3.8) is 0 Å². The SMILES string of the molecule is O=C1N/C(=C\c2ccncc2)C(=O)N1c1ccc(S)cc1. The van der Waals surface area contributed by atoms with Crippen LogP contribution in [0.3, 0.4) is 0 Å². The van der Waals surface area contributed by atoms with Gasteiger partial charge in [-0.15, -0.1) is 12.6 Å². The Balaban J connectivity index is 1.92. The van der Waals surface area contributed by atoms with Crippen LogP contribution in [0.15, 0.2) is 59.4 Å². The van der Waals surface area contributed by atoms with E-state index in [9.17, 15) is 9.59 Å². The lowest BCUT2D eigenvalue weighted by Crippen LogP contribution is -2.30. The molecular weight excluding hydrogens is 286 g/mol. The third-order valence-electron chi connectivity index (χ3n) is 3.00. The fourth-order valence-corrected chi connectivity index (χ4v) is 2.15. The normalized spacial score (nSPS) is 16.4. The topological polar surface area (TPSA) is 62.3 Å². The van der Waals surface area contributed by atoms with E-state index in [4.69, 9.17) is 0 Å². The minimum atomic E-state index is -0.466. The molecule has 0 aliphatic carbocycles. The Morgan fingerprint density at radius 2 is 1.71 bits per heavy atom. The van der Waals surface area contributed by atoms with Crippen molar-refractivity contribution >= 4 is 36.3 Å². The number of aromatic nitrogens is 1. The van der Waals surface area contributed by atoms with Gasteiger partial charge in [0.2, 0.25) is 0 Å². The van der Waals surface area contributed by atoms with Gasteiger partial charge >= 0.3 is 6.03 Å². The number of carbonyl (C=O) groups is 2. The number of hydrogen-bond acceptors (Lipinski definition) is 4. The molecule has 0 spiro atoms. The monoisotopic (exact) mass is 297 g/mol. The van der Waals surface area contributed by atoms with Gasteiger partial charge in [-0.1, -0.05) is 0 Å². The van der Waals surface area contributed by atoms with Gasteiger partial charge < -0.3 is 5.32 Å². The quantitative estimate of drug-likeness (QED) is 0.508. The maximum atomic E-state index is 12.3. The van der Waals surface area contributed by atoms with Crippen molar-refractivity contribution in [1.82, 2.24) is 10.3 Å². The van der Waals surface area contributed by atoms with Crippen LogP contribution >= 0.6 is 12.6 Å². The maximum absolute atomic E-state index is 12.3.